The molecule has 5 heteroatoms. The molecule has 1 atom stereocenters. The molecule has 2 rings (SSSR count). The van der Waals surface area contributed by atoms with Crippen LogP contribution in [0.15, 0.2) is 18.5 Å². The minimum Gasteiger partial charge on any atom is -0.367 e. The maximum atomic E-state index is 11.5. The molecule has 3 N–H and O–H groups in total. The Kier molecular flexibility index (Phi) is 2.22. The Labute approximate surface area is 80.9 Å². The molecule has 1 fully saturated rings. The van der Waals surface area contributed by atoms with Crippen molar-refractivity contribution in [2.75, 3.05) is 6.54 Å². The zero-order valence-corrected chi connectivity index (χ0v) is 7.54. The molecule has 5 nitrogen and oxygen atoms in total. The highest BCUT2D eigenvalue weighted by molar-refractivity contribution is 5.97. The zero-order chi connectivity index (χ0) is 9.97. The van der Waals surface area contributed by atoms with Crippen LogP contribution in [0.2, 0.25) is 0 Å². The second kappa shape index (κ2) is 3.53. The molecule has 0 aliphatic carbocycles. The first-order chi connectivity index (χ1) is 6.77. The molecule has 1 aromatic heterocycles. The van der Waals surface area contributed by atoms with Gasteiger partial charge >= 0.3 is 0 Å². The normalized spacial score (nSPS) is 20.6. The Morgan fingerprint density at radius 2 is 2.43 bits per heavy atom. The van der Waals surface area contributed by atoms with Crippen LogP contribution in [0.1, 0.15) is 16.8 Å². The number of amides is 2. The number of aromatic amines is 1. The first-order valence-electron chi connectivity index (χ1n) is 4.49. The Balaban J connectivity index is 1.98. The third kappa shape index (κ3) is 1.61. The third-order valence-electron chi connectivity index (χ3n) is 2.21. The molecule has 74 valence electrons. The molecule has 1 aliphatic rings. The second-order valence-electron chi connectivity index (χ2n) is 3.21. The lowest BCUT2D eigenvalue weighted by atomic mass is 10.2. The molecule has 0 radical (unpaired) electrons. The highest BCUT2D eigenvalue weighted by atomic mass is 16.2. The molecule has 2 amide bonds. The number of rotatable bonds is 2. The van der Waals surface area contributed by atoms with Gasteiger partial charge in [0.05, 0.1) is 5.56 Å². The Morgan fingerprint density at radius 3 is 3.00 bits per heavy atom. The molecule has 14 heavy (non-hydrogen) atoms. The van der Waals surface area contributed by atoms with E-state index in [-0.39, 0.29) is 17.9 Å². The Bertz CT molecular complexity index is 345. The fraction of sp³-hybridized carbons (Fsp3) is 0.333. The number of hydrogen-bond donors (Lipinski definition) is 3. The largest absolute Gasteiger partial charge is 0.367 e. The van der Waals surface area contributed by atoms with Crippen LogP contribution in [0.4, 0.5) is 0 Å². The zero-order valence-electron chi connectivity index (χ0n) is 7.54. The van der Waals surface area contributed by atoms with E-state index in [1.165, 1.54) is 0 Å². The van der Waals surface area contributed by atoms with Gasteiger partial charge in [-0.2, -0.15) is 0 Å². The lowest BCUT2D eigenvalue weighted by Crippen LogP contribution is -2.39. The van der Waals surface area contributed by atoms with Crippen molar-refractivity contribution in [3.8, 4) is 0 Å². The van der Waals surface area contributed by atoms with Gasteiger partial charge in [0, 0.05) is 18.9 Å². The predicted molar refractivity (Wildman–Crippen MR) is 49.7 cm³/mol. The summed E-state index contributed by atoms with van der Waals surface area (Å²) in [5.74, 6) is -0.317. The summed E-state index contributed by atoms with van der Waals surface area (Å²) in [6.07, 6.45) is 3.93. The minimum atomic E-state index is -0.377. The van der Waals surface area contributed by atoms with E-state index < -0.39 is 0 Å². The quantitative estimate of drug-likeness (QED) is 0.599. The predicted octanol–water partition coefficient (Wildman–Crippen LogP) is -0.367. The molecule has 0 bridgehead atoms. The molecule has 0 saturated carbocycles. The van der Waals surface area contributed by atoms with E-state index in [2.05, 4.69) is 15.6 Å². The van der Waals surface area contributed by atoms with E-state index in [1.54, 1.807) is 18.5 Å². The molecule has 0 spiro atoms. The van der Waals surface area contributed by atoms with Crippen LogP contribution in [0.25, 0.3) is 0 Å². The van der Waals surface area contributed by atoms with Gasteiger partial charge in [-0.15, -0.1) is 0 Å². The average molecular weight is 193 g/mol. The van der Waals surface area contributed by atoms with Crippen molar-refractivity contribution < 1.29 is 9.59 Å². The highest BCUT2D eigenvalue weighted by Crippen LogP contribution is 2.02. The lowest BCUT2D eigenvalue weighted by molar-refractivity contribution is -0.120. The number of aromatic nitrogens is 1. The topological polar surface area (TPSA) is 74.0 Å². The van der Waals surface area contributed by atoms with E-state index in [0.29, 0.717) is 18.5 Å². The summed E-state index contributed by atoms with van der Waals surface area (Å²) in [5, 5.41) is 5.32. The van der Waals surface area contributed by atoms with E-state index in [0.717, 1.165) is 0 Å². The van der Waals surface area contributed by atoms with Gasteiger partial charge in [0.1, 0.15) is 6.04 Å². The van der Waals surface area contributed by atoms with Gasteiger partial charge in [0.2, 0.25) is 5.91 Å². The third-order valence-corrected chi connectivity index (χ3v) is 2.21. The Hall–Kier alpha value is -1.78. The first kappa shape index (κ1) is 8.80. The van der Waals surface area contributed by atoms with E-state index in [4.69, 9.17) is 0 Å². The molecule has 1 aliphatic heterocycles. The van der Waals surface area contributed by atoms with Crippen LogP contribution in [0.5, 0.6) is 0 Å². The van der Waals surface area contributed by atoms with E-state index in [1.807, 2.05) is 0 Å². The number of H-pyrrole nitrogens is 1. The van der Waals surface area contributed by atoms with Gasteiger partial charge < -0.3 is 15.6 Å². The average Bonchev–Trinajstić information content (AvgIpc) is 2.77. The van der Waals surface area contributed by atoms with Crippen molar-refractivity contribution in [2.45, 2.75) is 12.5 Å². The smallest absolute Gasteiger partial charge is 0.253 e. The van der Waals surface area contributed by atoms with Crippen LogP contribution in [-0.2, 0) is 4.79 Å². The fourth-order valence-corrected chi connectivity index (χ4v) is 1.44. The van der Waals surface area contributed by atoms with Gasteiger partial charge in [0.25, 0.3) is 5.91 Å². The van der Waals surface area contributed by atoms with Crippen molar-refractivity contribution in [1.82, 2.24) is 15.6 Å². The fourth-order valence-electron chi connectivity index (χ4n) is 1.44. The first-order valence-corrected chi connectivity index (χ1v) is 4.49. The summed E-state index contributed by atoms with van der Waals surface area (Å²) < 4.78 is 0. The van der Waals surface area contributed by atoms with Crippen LogP contribution in [0, 0.1) is 0 Å². The van der Waals surface area contributed by atoms with Crippen LogP contribution in [-0.4, -0.2) is 29.4 Å². The minimum absolute atomic E-state index is 0.103. The number of nitrogens with one attached hydrogen (secondary N) is 3. The molecular weight excluding hydrogens is 182 g/mol. The maximum Gasteiger partial charge on any atom is 0.253 e. The van der Waals surface area contributed by atoms with Crippen molar-refractivity contribution >= 4 is 11.8 Å². The summed E-state index contributed by atoms with van der Waals surface area (Å²) in [5.41, 5.74) is 0.546. The van der Waals surface area contributed by atoms with Crippen LogP contribution >= 0.6 is 0 Å². The molecule has 0 unspecified atom stereocenters. The number of carbonyl (C=O) groups is 2. The number of hydrogen-bond acceptors (Lipinski definition) is 2. The van der Waals surface area contributed by atoms with Crippen molar-refractivity contribution in [3.63, 3.8) is 0 Å². The van der Waals surface area contributed by atoms with Gasteiger partial charge in [-0.3, -0.25) is 9.59 Å². The summed E-state index contributed by atoms with van der Waals surface area (Å²) in [7, 11) is 0. The standard InChI is InChI=1S/C9H11N3O2/c13-8(6-1-3-10-5-6)12-7-2-4-11-9(7)14/h1,3,5,7,10H,2,4H2,(H,11,14)(H,12,13)/t7-/m0/s1. The van der Waals surface area contributed by atoms with Gasteiger partial charge in [-0.05, 0) is 12.5 Å². The van der Waals surface area contributed by atoms with Crippen LogP contribution < -0.4 is 10.6 Å². The molecule has 2 heterocycles. The second-order valence-corrected chi connectivity index (χ2v) is 3.21. The lowest BCUT2D eigenvalue weighted by Gasteiger charge is -2.08. The van der Waals surface area contributed by atoms with E-state index in [9.17, 15) is 9.59 Å². The van der Waals surface area contributed by atoms with Crippen LogP contribution in [0.3, 0.4) is 0 Å². The SMILES string of the molecule is O=C(N[C@H]1CCNC1=O)c1cc[nH]c1. The van der Waals surface area contributed by atoms with Gasteiger partial charge in [-0.25, -0.2) is 0 Å². The summed E-state index contributed by atoms with van der Waals surface area (Å²) >= 11 is 0. The summed E-state index contributed by atoms with van der Waals surface area (Å²) in [6.45, 7) is 0.636. The van der Waals surface area contributed by atoms with Crippen molar-refractivity contribution in [3.05, 3.63) is 24.0 Å². The molecule has 1 saturated heterocycles. The van der Waals surface area contributed by atoms with Gasteiger partial charge in [-0.1, -0.05) is 0 Å². The van der Waals surface area contributed by atoms with Crippen molar-refractivity contribution in [2.24, 2.45) is 0 Å². The van der Waals surface area contributed by atoms with Crippen molar-refractivity contribution in [1.29, 1.82) is 0 Å². The monoisotopic (exact) mass is 193 g/mol. The molecular formula is C9H11N3O2. The number of carbonyl (C=O) groups excluding carboxylic acids is 2. The summed E-state index contributed by atoms with van der Waals surface area (Å²) in [4.78, 5) is 25.4. The molecule has 0 aromatic carbocycles. The van der Waals surface area contributed by atoms with E-state index >= 15 is 0 Å². The summed E-state index contributed by atoms with van der Waals surface area (Å²) in [6, 6.07) is 1.29. The maximum absolute atomic E-state index is 11.5. The Morgan fingerprint density at radius 1 is 1.57 bits per heavy atom. The highest BCUT2D eigenvalue weighted by Gasteiger charge is 2.25. The van der Waals surface area contributed by atoms with Gasteiger partial charge in [0.15, 0.2) is 0 Å². The molecule has 1 aromatic rings.